The largest absolute Gasteiger partial charge is 0.478 e. The van der Waals surface area contributed by atoms with Crippen molar-refractivity contribution in [2.45, 2.75) is 0 Å². The van der Waals surface area contributed by atoms with Crippen molar-refractivity contribution in [2.75, 3.05) is 5.32 Å². The fourth-order valence-electron chi connectivity index (χ4n) is 1.81. The van der Waals surface area contributed by atoms with E-state index < -0.39 is 5.97 Å². The van der Waals surface area contributed by atoms with Gasteiger partial charge in [0.15, 0.2) is 5.75 Å². The van der Waals surface area contributed by atoms with Gasteiger partial charge in [0.25, 0.3) is 0 Å². The zero-order chi connectivity index (χ0) is 16.1. The first-order chi connectivity index (χ1) is 10.5. The molecule has 0 bridgehead atoms. The van der Waals surface area contributed by atoms with Gasteiger partial charge in [0, 0.05) is 11.3 Å². The van der Waals surface area contributed by atoms with E-state index in [-0.39, 0.29) is 11.3 Å². The van der Waals surface area contributed by atoms with E-state index in [0.29, 0.717) is 29.2 Å². The predicted octanol–water partition coefficient (Wildman–Crippen LogP) is 2.67. The van der Waals surface area contributed by atoms with E-state index in [1.165, 1.54) is 18.2 Å². The lowest BCUT2D eigenvalue weighted by atomic mass is 10.1. The minimum atomic E-state index is -1.10. The van der Waals surface area contributed by atoms with Gasteiger partial charge in [-0.25, -0.2) is 4.79 Å². The maximum Gasteiger partial charge on any atom is 0.335 e. The van der Waals surface area contributed by atoms with Gasteiger partial charge in [-0.3, -0.25) is 4.79 Å². The number of rotatable bonds is 6. The first-order valence-electron chi connectivity index (χ1n) is 6.31. The number of nitrogens with one attached hydrogen (secondary N) is 1. The summed E-state index contributed by atoms with van der Waals surface area (Å²) in [5.74, 6) is -0.292. The number of carbonyl (C=O) groups is 2. The summed E-state index contributed by atoms with van der Waals surface area (Å²) in [5, 5.41) is 11.4. The second-order valence-electron chi connectivity index (χ2n) is 4.43. The number of carbonyl (C=O) groups excluding carboxylic acids is 1. The van der Waals surface area contributed by atoms with Gasteiger partial charge in [0.2, 0.25) is 6.41 Å². The Kier molecular flexibility index (Phi) is 4.43. The molecule has 0 fully saturated rings. The SMILES string of the molecule is C=C(N)c1cccc(Oc2ccc(C(=O)O)cc2NC=O)c1. The first kappa shape index (κ1) is 15.1. The van der Waals surface area contributed by atoms with Crippen LogP contribution in [0.4, 0.5) is 5.69 Å². The van der Waals surface area contributed by atoms with Crippen LogP contribution in [0.3, 0.4) is 0 Å². The highest BCUT2D eigenvalue weighted by Gasteiger charge is 2.10. The Bertz CT molecular complexity index is 741. The molecule has 0 unspecified atom stereocenters. The van der Waals surface area contributed by atoms with Crippen LogP contribution in [0, 0.1) is 0 Å². The molecule has 6 nitrogen and oxygen atoms in total. The monoisotopic (exact) mass is 298 g/mol. The van der Waals surface area contributed by atoms with Gasteiger partial charge in [-0.15, -0.1) is 0 Å². The topological polar surface area (TPSA) is 102 Å². The van der Waals surface area contributed by atoms with Gasteiger partial charge < -0.3 is 20.9 Å². The van der Waals surface area contributed by atoms with Crippen molar-refractivity contribution in [3.63, 3.8) is 0 Å². The van der Waals surface area contributed by atoms with Crippen LogP contribution in [0.1, 0.15) is 15.9 Å². The molecule has 0 radical (unpaired) electrons. The van der Waals surface area contributed by atoms with Crippen LogP contribution in [0.25, 0.3) is 5.70 Å². The lowest BCUT2D eigenvalue weighted by molar-refractivity contribution is -0.105. The van der Waals surface area contributed by atoms with Crippen molar-refractivity contribution in [1.82, 2.24) is 0 Å². The smallest absolute Gasteiger partial charge is 0.335 e. The first-order valence-corrected chi connectivity index (χ1v) is 6.31. The molecule has 112 valence electrons. The number of hydrogen-bond acceptors (Lipinski definition) is 4. The minimum Gasteiger partial charge on any atom is -0.478 e. The normalized spacial score (nSPS) is 9.82. The Balaban J connectivity index is 2.36. The number of hydrogen-bond donors (Lipinski definition) is 3. The Morgan fingerprint density at radius 3 is 2.64 bits per heavy atom. The summed E-state index contributed by atoms with van der Waals surface area (Å²) in [6, 6.07) is 11.1. The predicted molar refractivity (Wildman–Crippen MR) is 82.8 cm³/mol. The number of aromatic carboxylic acids is 1. The van der Waals surface area contributed by atoms with E-state index in [1.807, 2.05) is 0 Å². The molecular formula is C16H14N2O4. The van der Waals surface area contributed by atoms with Crippen LogP contribution >= 0.6 is 0 Å². The van der Waals surface area contributed by atoms with E-state index in [1.54, 1.807) is 24.3 Å². The average molecular weight is 298 g/mol. The Labute approximate surface area is 126 Å². The average Bonchev–Trinajstić information content (AvgIpc) is 2.49. The summed E-state index contributed by atoms with van der Waals surface area (Å²) in [5.41, 5.74) is 7.04. The van der Waals surface area contributed by atoms with E-state index in [4.69, 9.17) is 15.6 Å². The molecule has 6 heteroatoms. The quantitative estimate of drug-likeness (QED) is 0.712. The number of carboxylic acids is 1. The molecule has 2 rings (SSSR count). The molecule has 1 amide bonds. The van der Waals surface area contributed by atoms with Crippen LogP contribution in [0.2, 0.25) is 0 Å². The molecular weight excluding hydrogens is 284 g/mol. The van der Waals surface area contributed by atoms with Gasteiger partial charge in [-0.2, -0.15) is 0 Å². The maximum atomic E-state index is 11.0. The van der Waals surface area contributed by atoms with Crippen molar-refractivity contribution in [2.24, 2.45) is 5.73 Å². The Morgan fingerprint density at radius 2 is 2.00 bits per heavy atom. The van der Waals surface area contributed by atoms with Crippen LogP contribution < -0.4 is 15.8 Å². The summed E-state index contributed by atoms with van der Waals surface area (Å²) in [6.45, 7) is 3.65. The van der Waals surface area contributed by atoms with E-state index >= 15 is 0 Å². The zero-order valence-corrected chi connectivity index (χ0v) is 11.6. The summed E-state index contributed by atoms with van der Waals surface area (Å²) in [4.78, 5) is 21.6. The van der Waals surface area contributed by atoms with Crippen molar-refractivity contribution in [1.29, 1.82) is 0 Å². The van der Waals surface area contributed by atoms with Gasteiger partial charge in [-0.1, -0.05) is 18.7 Å². The Morgan fingerprint density at radius 1 is 1.23 bits per heavy atom. The highest BCUT2D eigenvalue weighted by atomic mass is 16.5. The van der Waals surface area contributed by atoms with Crippen molar-refractivity contribution >= 4 is 23.8 Å². The van der Waals surface area contributed by atoms with Gasteiger partial charge >= 0.3 is 5.97 Å². The molecule has 0 saturated heterocycles. The zero-order valence-electron chi connectivity index (χ0n) is 11.6. The second-order valence-corrected chi connectivity index (χ2v) is 4.43. The lowest BCUT2D eigenvalue weighted by Crippen LogP contribution is -2.02. The van der Waals surface area contributed by atoms with Crippen molar-refractivity contribution in [3.05, 3.63) is 60.2 Å². The molecule has 0 spiro atoms. The Hall–Kier alpha value is -3.28. The van der Waals surface area contributed by atoms with Crippen LogP contribution in [0.5, 0.6) is 11.5 Å². The van der Waals surface area contributed by atoms with Crippen LogP contribution in [-0.2, 0) is 4.79 Å². The standard InChI is InChI=1S/C16H14N2O4/c1-10(17)11-3-2-4-13(7-11)22-15-6-5-12(16(20)21)8-14(15)18-9-19/h2-9H,1,17H2,(H,18,19)(H,20,21). The summed E-state index contributed by atoms with van der Waals surface area (Å²) in [7, 11) is 0. The molecule has 0 saturated carbocycles. The molecule has 0 aliphatic rings. The molecule has 0 aliphatic heterocycles. The highest BCUT2D eigenvalue weighted by molar-refractivity contribution is 5.90. The molecule has 22 heavy (non-hydrogen) atoms. The number of nitrogens with two attached hydrogens (primary N) is 1. The summed E-state index contributed by atoms with van der Waals surface area (Å²) >= 11 is 0. The number of anilines is 1. The summed E-state index contributed by atoms with van der Waals surface area (Å²) in [6.07, 6.45) is 0.450. The highest BCUT2D eigenvalue weighted by Crippen LogP contribution is 2.31. The fraction of sp³-hybridized carbons (Fsp3) is 0. The molecule has 0 heterocycles. The molecule has 0 aromatic heterocycles. The minimum absolute atomic E-state index is 0.0424. The molecule has 2 aromatic rings. The maximum absolute atomic E-state index is 11.0. The molecule has 0 atom stereocenters. The van der Waals surface area contributed by atoms with E-state index in [2.05, 4.69) is 11.9 Å². The molecule has 0 aliphatic carbocycles. The third-order valence-corrected chi connectivity index (χ3v) is 2.87. The van der Waals surface area contributed by atoms with E-state index in [9.17, 15) is 9.59 Å². The number of benzene rings is 2. The number of ether oxygens (including phenoxy) is 1. The number of carboxylic acid groups (broad SMARTS) is 1. The van der Waals surface area contributed by atoms with Crippen LogP contribution in [-0.4, -0.2) is 17.5 Å². The molecule has 4 N–H and O–H groups in total. The number of amides is 1. The lowest BCUT2D eigenvalue weighted by Gasteiger charge is -2.12. The van der Waals surface area contributed by atoms with Gasteiger partial charge in [0.05, 0.1) is 11.3 Å². The fourth-order valence-corrected chi connectivity index (χ4v) is 1.81. The second kappa shape index (κ2) is 6.45. The van der Waals surface area contributed by atoms with Crippen molar-refractivity contribution in [3.8, 4) is 11.5 Å². The third kappa shape index (κ3) is 3.43. The van der Waals surface area contributed by atoms with Gasteiger partial charge in [-0.05, 0) is 30.3 Å². The summed E-state index contributed by atoms with van der Waals surface area (Å²) < 4.78 is 5.68. The van der Waals surface area contributed by atoms with Crippen LogP contribution in [0.15, 0.2) is 49.0 Å². The van der Waals surface area contributed by atoms with E-state index in [0.717, 1.165) is 0 Å². The van der Waals surface area contributed by atoms with Crippen molar-refractivity contribution < 1.29 is 19.4 Å². The van der Waals surface area contributed by atoms with Gasteiger partial charge in [0.1, 0.15) is 5.75 Å². The molecule has 2 aromatic carbocycles. The third-order valence-electron chi connectivity index (χ3n) is 2.87.